The Morgan fingerprint density at radius 3 is 1.65 bits per heavy atom. The number of ether oxygens (including phenoxy) is 1. The maximum absolute atomic E-state index is 13.1. The van der Waals surface area contributed by atoms with Gasteiger partial charge in [0.15, 0.2) is 0 Å². The van der Waals surface area contributed by atoms with Gasteiger partial charge in [-0.25, -0.2) is 0 Å². The van der Waals surface area contributed by atoms with E-state index in [1.807, 2.05) is 0 Å². The van der Waals surface area contributed by atoms with Gasteiger partial charge in [0.05, 0.1) is 25.2 Å². The largest absolute Gasteiger partial charge is 0.462 e. The molecule has 3 atom stereocenters. The summed E-state index contributed by atoms with van der Waals surface area (Å²) in [6.07, 6.45) is 48.9. The fraction of sp³-hybridized carbons (Fsp3) is 0.792. The topological polar surface area (TPSA) is 95.9 Å². The average Bonchev–Trinajstić information content (AvgIpc) is 3.16. The lowest BCUT2D eigenvalue weighted by Crippen LogP contribution is -2.46. The second-order valence-corrected chi connectivity index (χ2v) is 15.5. The molecule has 0 aliphatic heterocycles. The fourth-order valence-electron chi connectivity index (χ4n) is 6.73. The maximum Gasteiger partial charge on any atom is 0.306 e. The zero-order valence-electron chi connectivity index (χ0n) is 35.6. The van der Waals surface area contributed by atoms with Crippen molar-refractivity contribution in [1.82, 2.24) is 5.32 Å². The van der Waals surface area contributed by atoms with E-state index in [0.29, 0.717) is 19.3 Å². The lowest BCUT2D eigenvalue weighted by Gasteiger charge is -2.24. The molecule has 0 heterocycles. The highest BCUT2D eigenvalue weighted by Gasteiger charge is 2.24. The summed E-state index contributed by atoms with van der Waals surface area (Å²) in [6.45, 7) is 6.26. The Bertz CT molecular complexity index is 941. The summed E-state index contributed by atoms with van der Waals surface area (Å²) in [4.78, 5) is 25.9. The molecular weight excluding hydrogens is 671 g/mol. The van der Waals surface area contributed by atoms with Crippen LogP contribution in [0.5, 0.6) is 0 Å². The van der Waals surface area contributed by atoms with Gasteiger partial charge < -0.3 is 20.3 Å². The molecular formula is C48H87NO5. The molecule has 0 aliphatic carbocycles. The molecule has 0 rings (SSSR count). The standard InChI is InChI=1S/C48H87NO5/c1-4-7-10-13-16-19-21-23-24-25-27-29-32-35-38-41-48(53)54-44(39-36-33-30-18-15-12-9-6-3)42-47(52)49-45(43-50)46(51)40-37-34-31-28-26-22-20-17-14-11-8-5-2/h7,10,12-13,15-16,19,21,44-46,50-51H,4-6,8-9,11,14,17-18,20,22-43H2,1-3H3,(H,49,52)/b10-7+,15-12-,16-13+,21-19+. The van der Waals surface area contributed by atoms with Crippen LogP contribution in [0.15, 0.2) is 48.6 Å². The second-order valence-electron chi connectivity index (χ2n) is 15.5. The molecule has 54 heavy (non-hydrogen) atoms. The number of hydrogen-bond acceptors (Lipinski definition) is 5. The lowest BCUT2D eigenvalue weighted by atomic mass is 10.0. The fourth-order valence-corrected chi connectivity index (χ4v) is 6.73. The first-order valence-corrected chi connectivity index (χ1v) is 22.9. The SMILES string of the molecule is CC/C=C/C=C/C=C/CCCCCCCCCC(=O)OC(CCCCC/C=C\CCC)CC(=O)NC(CO)C(O)CCCCCCCCCCCCCC. The predicted molar refractivity (Wildman–Crippen MR) is 232 cm³/mol. The van der Waals surface area contributed by atoms with Crippen LogP contribution in [0.2, 0.25) is 0 Å². The van der Waals surface area contributed by atoms with Gasteiger partial charge in [-0.2, -0.15) is 0 Å². The van der Waals surface area contributed by atoms with E-state index < -0.39 is 18.2 Å². The van der Waals surface area contributed by atoms with Gasteiger partial charge in [0.2, 0.25) is 5.91 Å². The summed E-state index contributed by atoms with van der Waals surface area (Å²) >= 11 is 0. The molecule has 6 heteroatoms. The molecule has 0 aromatic rings. The third-order valence-corrected chi connectivity index (χ3v) is 10.2. The van der Waals surface area contributed by atoms with Gasteiger partial charge in [0.25, 0.3) is 0 Å². The Morgan fingerprint density at radius 1 is 0.556 bits per heavy atom. The molecule has 0 bridgehead atoms. The molecule has 314 valence electrons. The molecule has 1 amide bonds. The van der Waals surface area contributed by atoms with E-state index in [1.54, 1.807) is 0 Å². The number of amides is 1. The molecule has 0 spiro atoms. The van der Waals surface area contributed by atoms with E-state index in [9.17, 15) is 19.8 Å². The zero-order chi connectivity index (χ0) is 39.6. The van der Waals surface area contributed by atoms with Crippen LogP contribution in [0.1, 0.15) is 220 Å². The van der Waals surface area contributed by atoms with Gasteiger partial charge in [0, 0.05) is 6.42 Å². The summed E-state index contributed by atoms with van der Waals surface area (Å²) in [5.74, 6) is -0.508. The number of aliphatic hydroxyl groups excluding tert-OH is 2. The average molecular weight is 758 g/mol. The third kappa shape index (κ3) is 36.8. The van der Waals surface area contributed by atoms with Crippen molar-refractivity contribution in [2.75, 3.05) is 6.61 Å². The zero-order valence-corrected chi connectivity index (χ0v) is 35.6. The van der Waals surface area contributed by atoms with Gasteiger partial charge in [0.1, 0.15) is 6.10 Å². The Hall–Kier alpha value is -2.18. The Kier molecular flexibility index (Phi) is 40.3. The van der Waals surface area contributed by atoms with Crippen LogP contribution in [0.3, 0.4) is 0 Å². The molecule has 0 saturated carbocycles. The molecule has 6 nitrogen and oxygen atoms in total. The molecule has 0 aromatic carbocycles. The molecule has 0 aromatic heterocycles. The molecule has 0 fully saturated rings. The summed E-state index contributed by atoms with van der Waals surface area (Å²) < 4.78 is 5.87. The Morgan fingerprint density at radius 2 is 1.06 bits per heavy atom. The van der Waals surface area contributed by atoms with Crippen LogP contribution >= 0.6 is 0 Å². The van der Waals surface area contributed by atoms with E-state index in [1.165, 1.54) is 83.5 Å². The van der Waals surface area contributed by atoms with Crippen molar-refractivity contribution in [3.8, 4) is 0 Å². The van der Waals surface area contributed by atoms with Crippen molar-refractivity contribution in [2.45, 2.75) is 238 Å². The van der Waals surface area contributed by atoms with E-state index in [-0.39, 0.29) is 24.9 Å². The maximum atomic E-state index is 13.1. The number of rotatable bonds is 40. The third-order valence-electron chi connectivity index (χ3n) is 10.2. The Labute approximate surface area is 334 Å². The van der Waals surface area contributed by atoms with E-state index in [0.717, 1.165) is 89.9 Å². The van der Waals surface area contributed by atoms with Crippen molar-refractivity contribution in [1.29, 1.82) is 0 Å². The normalized spacial score (nSPS) is 13.8. The van der Waals surface area contributed by atoms with Crippen LogP contribution in [-0.2, 0) is 14.3 Å². The number of aliphatic hydroxyl groups is 2. The van der Waals surface area contributed by atoms with Crippen LogP contribution in [-0.4, -0.2) is 46.9 Å². The molecule has 0 radical (unpaired) electrons. The highest BCUT2D eigenvalue weighted by Crippen LogP contribution is 2.17. The highest BCUT2D eigenvalue weighted by atomic mass is 16.5. The van der Waals surface area contributed by atoms with Gasteiger partial charge in [-0.1, -0.05) is 191 Å². The number of allylic oxidation sites excluding steroid dienone is 8. The molecule has 0 saturated heterocycles. The summed E-state index contributed by atoms with van der Waals surface area (Å²) in [5.41, 5.74) is 0. The van der Waals surface area contributed by atoms with E-state index in [2.05, 4.69) is 74.7 Å². The number of esters is 1. The number of hydrogen-bond donors (Lipinski definition) is 3. The van der Waals surface area contributed by atoms with E-state index >= 15 is 0 Å². The monoisotopic (exact) mass is 758 g/mol. The van der Waals surface area contributed by atoms with Crippen LogP contribution < -0.4 is 5.32 Å². The van der Waals surface area contributed by atoms with Crippen molar-refractivity contribution < 1.29 is 24.5 Å². The minimum atomic E-state index is -0.791. The molecule has 3 N–H and O–H groups in total. The molecule has 0 aliphatic rings. The number of nitrogens with one attached hydrogen (secondary N) is 1. The quantitative estimate of drug-likeness (QED) is 0.0250. The summed E-state index contributed by atoms with van der Waals surface area (Å²) in [6, 6.07) is -0.705. The van der Waals surface area contributed by atoms with Gasteiger partial charge in [-0.05, 0) is 64.2 Å². The Balaban J connectivity index is 4.50. The van der Waals surface area contributed by atoms with Crippen LogP contribution in [0, 0.1) is 0 Å². The van der Waals surface area contributed by atoms with Crippen molar-refractivity contribution in [2.24, 2.45) is 0 Å². The smallest absolute Gasteiger partial charge is 0.306 e. The van der Waals surface area contributed by atoms with Gasteiger partial charge in [-0.3, -0.25) is 9.59 Å². The number of carbonyl (C=O) groups excluding carboxylic acids is 2. The molecule has 3 unspecified atom stereocenters. The summed E-state index contributed by atoms with van der Waals surface area (Å²) in [7, 11) is 0. The van der Waals surface area contributed by atoms with E-state index in [4.69, 9.17) is 4.74 Å². The minimum absolute atomic E-state index is 0.0609. The highest BCUT2D eigenvalue weighted by molar-refractivity contribution is 5.77. The number of carbonyl (C=O) groups is 2. The van der Waals surface area contributed by atoms with Crippen molar-refractivity contribution >= 4 is 11.9 Å². The number of unbranched alkanes of at least 4 members (excludes halogenated alkanes) is 22. The first kappa shape index (κ1) is 51.8. The minimum Gasteiger partial charge on any atom is -0.462 e. The van der Waals surface area contributed by atoms with Gasteiger partial charge >= 0.3 is 5.97 Å². The summed E-state index contributed by atoms with van der Waals surface area (Å²) in [5, 5.41) is 23.6. The first-order chi connectivity index (χ1) is 26.5. The lowest BCUT2D eigenvalue weighted by molar-refractivity contribution is -0.151. The van der Waals surface area contributed by atoms with Crippen LogP contribution in [0.25, 0.3) is 0 Å². The van der Waals surface area contributed by atoms with Gasteiger partial charge in [-0.15, -0.1) is 0 Å². The van der Waals surface area contributed by atoms with Crippen molar-refractivity contribution in [3.63, 3.8) is 0 Å². The first-order valence-electron chi connectivity index (χ1n) is 22.9. The van der Waals surface area contributed by atoms with Crippen molar-refractivity contribution in [3.05, 3.63) is 48.6 Å². The second kappa shape index (κ2) is 42.0. The van der Waals surface area contributed by atoms with Crippen LogP contribution in [0.4, 0.5) is 0 Å². The predicted octanol–water partition coefficient (Wildman–Crippen LogP) is 13.1.